The summed E-state index contributed by atoms with van der Waals surface area (Å²) >= 11 is 0. The predicted molar refractivity (Wildman–Crippen MR) is 117 cm³/mol. The lowest BCUT2D eigenvalue weighted by atomic mass is 9.79. The van der Waals surface area contributed by atoms with Crippen molar-refractivity contribution < 1.29 is 45.8 Å². The molecule has 2 fully saturated rings. The second kappa shape index (κ2) is 9.92. The average Bonchev–Trinajstić information content (AvgIpc) is 3.23. The van der Waals surface area contributed by atoms with E-state index in [9.17, 15) is 41.0 Å². The number of ether oxygens (including phenoxy) is 1. The van der Waals surface area contributed by atoms with Gasteiger partial charge >= 0.3 is 18.4 Å². The third-order valence-electron chi connectivity index (χ3n) is 6.47. The number of amides is 2. The second-order valence-electron chi connectivity index (χ2n) is 10.1. The van der Waals surface area contributed by atoms with Crippen molar-refractivity contribution >= 4 is 17.7 Å². The number of rotatable bonds is 3. The van der Waals surface area contributed by atoms with Crippen LogP contribution in [0.25, 0.3) is 0 Å². The molecule has 1 aromatic carbocycles. The van der Waals surface area contributed by atoms with Gasteiger partial charge in [-0.3, -0.25) is 4.79 Å². The van der Waals surface area contributed by atoms with Gasteiger partial charge in [-0.25, -0.2) is 4.79 Å². The maximum atomic E-state index is 13.7. The van der Waals surface area contributed by atoms with Crippen molar-refractivity contribution in [3.63, 3.8) is 0 Å². The zero-order chi connectivity index (χ0) is 27.9. The van der Waals surface area contributed by atoms with E-state index in [0.717, 1.165) is 12.1 Å². The van der Waals surface area contributed by atoms with E-state index in [1.54, 1.807) is 0 Å². The SMILES string of the molecule is CC(C)(C)C1CC(NC(=O)C2CN(c3ccc(C#N)c(C(F)(F)F)c3)C(C(F)(F)F)O2)CCN1C(=O)O. The van der Waals surface area contributed by atoms with Gasteiger partial charge in [-0.2, -0.15) is 31.6 Å². The van der Waals surface area contributed by atoms with Gasteiger partial charge in [0, 0.05) is 24.3 Å². The topological polar surface area (TPSA) is 106 Å². The van der Waals surface area contributed by atoms with E-state index in [2.05, 4.69) is 5.32 Å². The number of alkyl halides is 6. The summed E-state index contributed by atoms with van der Waals surface area (Å²) in [7, 11) is 0. The number of carbonyl (C=O) groups excluding carboxylic acids is 1. The van der Waals surface area contributed by atoms with Crippen LogP contribution >= 0.6 is 0 Å². The van der Waals surface area contributed by atoms with Crippen LogP contribution in [0.15, 0.2) is 18.2 Å². The second-order valence-corrected chi connectivity index (χ2v) is 10.1. The quantitative estimate of drug-likeness (QED) is 0.557. The van der Waals surface area contributed by atoms with Gasteiger partial charge in [0.25, 0.3) is 5.91 Å². The summed E-state index contributed by atoms with van der Waals surface area (Å²) in [5, 5.41) is 21.0. The zero-order valence-electron chi connectivity index (χ0n) is 20.2. The van der Waals surface area contributed by atoms with Crippen molar-refractivity contribution in [1.29, 1.82) is 5.26 Å². The van der Waals surface area contributed by atoms with Crippen molar-refractivity contribution in [1.82, 2.24) is 10.2 Å². The molecule has 0 spiro atoms. The number of anilines is 1. The van der Waals surface area contributed by atoms with Gasteiger partial charge in [0.15, 0.2) is 6.10 Å². The third kappa shape index (κ3) is 6.20. The van der Waals surface area contributed by atoms with Gasteiger partial charge < -0.3 is 25.0 Å². The number of hydrogen-bond acceptors (Lipinski definition) is 5. The number of carboxylic acid groups (broad SMARTS) is 1. The highest BCUT2D eigenvalue weighted by molar-refractivity contribution is 5.82. The number of carbonyl (C=O) groups is 2. The summed E-state index contributed by atoms with van der Waals surface area (Å²) in [6.07, 6.45) is -15.0. The molecule has 1 aromatic rings. The first kappa shape index (κ1) is 28.4. The molecule has 3 rings (SSSR count). The smallest absolute Gasteiger partial charge is 0.433 e. The molecule has 37 heavy (non-hydrogen) atoms. The maximum absolute atomic E-state index is 13.7. The van der Waals surface area contributed by atoms with Gasteiger partial charge in [0.2, 0.25) is 6.23 Å². The first-order valence-corrected chi connectivity index (χ1v) is 11.3. The number of benzene rings is 1. The number of nitrogens with zero attached hydrogens (tertiary/aromatic N) is 3. The molecule has 14 heteroatoms. The summed E-state index contributed by atoms with van der Waals surface area (Å²) in [5.41, 5.74) is -3.14. The predicted octanol–water partition coefficient (Wildman–Crippen LogP) is 4.34. The maximum Gasteiger partial charge on any atom is 0.433 e. The van der Waals surface area contributed by atoms with E-state index < -0.39 is 77.5 Å². The first-order valence-electron chi connectivity index (χ1n) is 11.3. The van der Waals surface area contributed by atoms with E-state index in [-0.39, 0.29) is 19.4 Å². The Balaban J connectivity index is 1.81. The lowest BCUT2D eigenvalue weighted by Crippen LogP contribution is -2.57. The van der Waals surface area contributed by atoms with Crippen molar-refractivity contribution in [2.75, 3.05) is 18.0 Å². The molecule has 4 atom stereocenters. The minimum Gasteiger partial charge on any atom is -0.465 e. The van der Waals surface area contributed by atoms with Gasteiger partial charge in [-0.05, 0) is 36.5 Å². The molecule has 0 aliphatic carbocycles. The first-order chi connectivity index (χ1) is 16.9. The zero-order valence-corrected chi connectivity index (χ0v) is 20.2. The van der Waals surface area contributed by atoms with Crippen LogP contribution in [0.1, 0.15) is 44.7 Å². The molecule has 2 heterocycles. The Bertz CT molecular complexity index is 1080. The lowest BCUT2D eigenvalue weighted by Gasteiger charge is -2.44. The number of hydrogen-bond donors (Lipinski definition) is 2. The molecule has 0 radical (unpaired) electrons. The number of halogens is 6. The molecule has 2 amide bonds. The van der Waals surface area contributed by atoms with E-state index in [1.807, 2.05) is 20.8 Å². The number of nitrogens with one attached hydrogen (secondary N) is 1. The molecule has 0 aromatic heterocycles. The number of nitriles is 1. The summed E-state index contributed by atoms with van der Waals surface area (Å²) in [5.74, 6) is -0.886. The van der Waals surface area contributed by atoms with Crippen LogP contribution in [0.4, 0.5) is 36.8 Å². The fourth-order valence-corrected chi connectivity index (χ4v) is 4.67. The standard InChI is InChI=1S/C23H26F6N4O4/c1-21(2,3)17-8-13(6-7-32(17)20(35)36)31-18(34)16-11-33(19(37-16)23(27,28)29)14-5-4-12(10-30)15(9-14)22(24,25)26/h4-5,9,13,16-17,19H,6-8,11H2,1-3H3,(H,31,34)(H,35,36). The van der Waals surface area contributed by atoms with Crippen molar-refractivity contribution in [2.24, 2.45) is 5.41 Å². The minimum absolute atomic E-state index is 0.108. The summed E-state index contributed by atoms with van der Waals surface area (Å²) < 4.78 is 86.3. The molecule has 2 N–H and O–H groups in total. The Hall–Kier alpha value is -3.21. The van der Waals surface area contributed by atoms with Crippen LogP contribution in [0.3, 0.4) is 0 Å². The average molecular weight is 536 g/mol. The Morgan fingerprint density at radius 2 is 1.81 bits per heavy atom. The molecule has 2 aliphatic rings. The molecule has 8 nitrogen and oxygen atoms in total. The monoisotopic (exact) mass is 536 g/mol. The van der Waals surface area contributed by atoms with Crippen LogP contribution in [0, 0.1) is 16.7 Å². The van der Waals surface area contributed by atoms with E-state index in [4.69, 9.17) is 10.00 Å². The Kier molecular flexibility index (Phi) is 7.61. The summed E-state index contributed by atoms with van der Waals surface area (Å²) in [6, 6.07) is 2.48. The van der Waals surface area contributed by atoms with E-state index in [0.29, 0.717) is 11.0 Å². The van der Waals surface area contributed by atoms with Crippen molar-refractivity contribution in [3.8, 4) is 6.07 Å². The summed E-state index contributed by atoms with van der Waals surface area (Å²) in [6.45, 7) is 4.91. The Labute approximate surface area is 208 Å². The summed E-state index contributed by atoms with van der Waals surface area (Å²) in [4.78, 5) is 26.2. The molecule has 2 saturated heterocycles. The van der Waals surface area contributed by atoms with Crippen molar-refractivity contribution in [2.45, 2.75) is 70.4 Å². The largest absolute Gasteiger partial charge is 0.465 e. The van der Waals surface area contributed by atoms with Crippen LogP contribution < -0.4 is 10.2 Å². The normalized spacial score (nSPS) is 25.1. The Morgan fingerprint density at radius 1 is 1.16 bits per heavy atom. The third-order valence-corrected chi connectivity index (χ3v) is 6.47. The molecule has 0 bridgehead atoms. The minimum atomic E-state index is -5.04. The molecular weight excluding hydrogens is 510 g/mol. The molecule has 2 aliphatic heterocycles. The van der Waals surface area contributed by atoms with E-state index >= 15 is 0 Å². The van der Waals surface area contributed by atoms with Gasteiger partial charge in [0.05, 0.1) is 23.7 Å². The molecular formula is C23H26F6N4O4. The van der Waals surface area contributed by atoms with Crippen molar-refractivity contribution in [3.05, 3.63) is 29.3 Å². The number of piperidine rings is 1. The van der Waals surface area contributed by atoms with Gasteiger partial charge in [-0.1, -0.05) is 20.8 Å². The number of likely N-dealkylation sites (tertiary alicyclic amines) is 1. The van der Waals surface area contributed by atoms with Crippen LogP contribution in [0.2, 0.25) is 0 Å². The fourth-order valence-electron chi connectivity index (χ4n) is 4.67. The highest BCUT2D eigenvalue weighted by Crippen LogP contribution is 2.39. The fraction of sp³-hybridized carbons (Fsp3) is 0.609. The molecule has 0 saturated carbocycles. The Morgan fingerprint density at radius 3 is 2.32 bits per heavy atom. The van der Waals surface area contributed by atoms with Gasteiger partial charge in [-0.15, -0.1) is 0 Å². The van der Waals surface area contributed by atoms with E-state index in [1.165, 1.54) is 11.0 Å². The lowest BCUT2D eigenvalue weighted by molar-refractivity contribution is -0.213. The van der Waals surface area contributed by atoms with Crippen LogP contribution in [0.5, 0.6) is 0 Å². The molecule has 204 valence electrons. The van der Waals surface area contributed by atoms with Gasteiger partial charge in [0.1, 0.15) is 0 Å². The molecule has 4 unspecified atom stereocenters. The highest BCUT2D eigenvalue weighted by Gasteiger charge is 2.53. The highest BCUT2D eigenvalue weighted by atomic mass is 19.4. The van der Waals surface area contributed by atoms with Crippen LogP contribution in [-0.2, 0) is 15.7 Å². The van der Waals surface area contributed by atoms with Crippen LogP contribution in [-0.4, -0.2) is 65.7 Å².